The average Bonchev–Trinajstić information content (AvgIpc) is 2.96. The number of anilines is 3. The molecule has 4 rings (SSSR count). The number of nitrogens with zero attached hydrogens (tertiary/aromatic N) is 4. The van der Waals surface area contributed by atoms with E-state index in [1.165, 1.54) is 0 Å². The lowest BCUT2D eigenvalue weighted by Crippen LogP contribution is -2.47. The van der Waals surface area contributed by atoms with Crippen LogP contribution in [0.4, 0.5) is 17.1 Å². The predicted molar refractivity (Wildman–Crippen MR) is 159 cm³/mol. The molecule has 0 radical (unpaired) electrons. The molecule has 0 aliphatic carbocycles. The molecule has 0 bridgehead atoms. The number of hydrogen-bond acceptors (Lipinski definition) is 6. The van der Waals surface area contributed by atoms with Gasteiger partial charge >= 0.3 is 0 Å². The van der Waals surface area contributed by atoms with Crippen LogP contribution in [0.1, 0.15) is 37.5 Å². The third kappa shape index (κ3) is 6.51. The number of carbonyl (C=O) groups excluding carboxylic acids is 2. The number of pyridine rings is 1. The number of sulfonamides is 1. The number of nitrogens with one attached hydrogen (secondary N) is 1. The summed E-state index contributed by atoms with van der Waals surface area (Å²) in [6.45, 7) is 7.44. The van der Waals surface area contributed by atoms with Gasteiger partial charge in [-0.3, -0.25) is 24.2 Å². The molecule has 1 aromatic heterocycles. The Labute approximate surface area is 236 Å². The van der Waals surface area contributed by atoms with E-state index in [2.05, 4.69) is 14.6 Å². The topological polar surface area (TPSA) is 103 Å². The van der Waals surface area contributed by atoms with Crippen molar-refractivity contribution >= 4 is 38.9 Å². The van der Waals surface area contributed by atoms with Gasteiger partial charge in [0.25, 0.3) is 0 Å². The number of rotatable bonds is 10. The molecule has 40 heavy (non-hydrogen) atoms. The van der Waals surface area contributed by atoms with Crippen LogP contribution in [-0.4, -0.2) is 56.5 Å². The summed E-state index contributed by atoms with van der Waals surface area (Å²) in [5.41, 5.74) is 3.70. The van der Waals surface area contributed by atoms with Crippen molar-refractivity contribution in [3.63, 3.8) is 0 Å². The molecule has 1 aliphatic heterocycles. The molecule has 10 heteroatoms. The minimum atomic E-state index is -3.44. The van der Waals surface area contributed by atoms with Crippen molar-refractivity contribution in [1.82, 2.24) is 9.88 Å². The first-order valence-corrected chi connectivity index (χ1v) is 15.2. The second kappa shape index (κ2) is 11.8. The van der Waals surface area contributed by atoms with Crippen LogP contribution < -0.4 is 14.5 Å². The summed E-state index contributed by atoms with van der Waals surface area (Å²) in [5, 5.41) is 0. The fourth-order valence-corrected chi connectivity index (χ4v) is 5.65. The van der Waals surface area contributed by atoms with E-state index in [0.717, 1.165) is 29.4 Å². The molecule has 1 aliphatic rings. The van der Waals surface area contributed by atoms with Gasteiger partial charge in [0.2, 0.25) is 21.8 Å². The molecule has 2 aromatic carbocycles. The van der Waals surface area contributed by atoms with Gasteiger partial charge in [-0.25, -0.2) is 8.42 Å². The van der Waals surface area contributed by atoms with Gasteiger partial charge in [0.1, 0.15) is 5.41 Å². The summed E-state index contributed by atoms with van der Waals surface area (Å²) in [5.74, 6) is -0.465. The minimum Gasteiger partial charge on any atom is -0.313 e. The summed E-state index contributed by atoms with van der Waals surface area (Å²) in [7, 11) is -1.73. The fourth-order valence-electron chi connectivity index (χ4n) is 5.05. The van der Waals surface area contributed by atoms with Gasteiger partial charge in [-0.1, -0.05) is 30.3 Å². The summed E-state index contributed by atoms with van der Waals surface area (Å²) >= 11 is 0. The van der Waals surface area contributed by atoms with Gasteiger partial charge < -0.3 is 9.80 Å². The van der Waals surface area contributed by atoms with Crippen molar-refractivity contribution in [3.05, 3.63) is 83.7 Å². The Hall–Kier alpha value is -3.76. The Morgan fingerprint density at radius 1 is 0.950 bits per heavy atom. The van der Waals surface area contributed by atoms with Gasteiger partial charge in [0, 0.05) is 45.6 Å². The Balaban J connectivity index is 1.67. The largest absolute Gasteiger partial charge is 0.313 e. The molecular weight excluding hydrogens is 526 g/mol. The van der Waals surface area contributed by atoms with Crippen molar-refractivity contribution in [2.75, 3.05) is 40.9 Å². The number of carbonyl (C=O) groups is 2. The van der Waals surface area contributed by atoms with E-state index in [-0.39, 0.29) is 11.8 Å². The van der Waals surface area contributed by atoms with Crippen molar-refractivity contribution in [1.29, 1.82) is 0 Å². The number of hydrogen-bond donors (Lipinski definition) is 1. The zero-order chi connectivity index (χ0) is 29.1. The lowest BCUT2D eigenvalue weighted by molar-refractivity contribution is -0.137. The highest BCUT2D eigenvalue weighted by atomic mass is 32.2. The van der Waals surface area contributed by atoms with Crippen LogP contribution in [0.2, 0.25) is 0 Å². The highest BCUT2D eigenvalue weighted by Crippen LogP contribution is 2.39. The second-order valence-corrected chi connectivity index (χ2v) is 12.5. The van der Waals surface area contributed by atoms with E-state index in [1.54, 1.807) is 49.0 Å². The summed E-state index contributed by atoms with van der Waals surface area (Å²) in [6, 6.07) is 17.2. The molecule has 0 atom stereocenters. The zero-order valence-electron chi connectivity index (χ0n) is 23.7. The average molecular weight is 564 g/mol. The normalized spacial score (nSPS) is 15.2. The number of aromatic nitrogens is 1. The maximum absolute atomic E-state index is 13.3. The van der Waals surface area contributed by atoms with Gasteiger partial charge in [-0.2, -0.15) is 0 Å². The van der Waals surface area contributed by atoms with Crippen molar-refractivity contribution in [2.45, 2.75) is 40.3 Å². The van der Waals surface area contributed by atoms with Gasteiger partial charge in [-0.15, -0.1) is 0 Å². The van der Waals surface area contributed by atoms with Crippen LogP contribution >= 0.6 is 0 Å². The molecular formula is C30H37N5O4S. The van der Waals surface area contributed by atoms with Crippen LogP contribution in [0.3, 0.4) is 0 Å². The first-order chi connectivity index (χ1) is 18.9. The van der Waals surface area contributed by atoms with Crippen LogP contribution in [0.5, 0.6) is 0 Å². The van der Waals surface area contributed by atoms with Gasteiger partial charge in [-0.05, 0) is 68.1 Å². The monoisotopic (exact) mass is 563 g/mol. The number of amides is 2. The molecule has 0 saturated heterocycles. The lowest BCUT2D eigenvalue weighted by Gasteiger charge is -2.27. The van der Waals surface area contributed by atoms with Crippen LogP contribution in [0, 0.1) is 5.41 Å². The third-order valence-corrected chi connectivity index (χ3v) is 7.77. The summed E-state index contributed by atoms with van der Waals surface area (Å²) in [4.78, 5) is 36.3. The Morgan fingerprint density at radius 3 is 2.38 bits per heavy atom. The Bertz CT molecular complexity index is 1490. The maximum Gasteiger partial charge on any atom is 0.242 e. The smallest absolute Gasteiger partial charge is 0.242 e. The third-order valence-electron chi connectivity index (χ3n) is 7.18. The highest BCUT2D eigenvalue weighted by Gasteiger charge is 2.45. The number of fused-ring (bicyclic) bond motifs is 1. The molecule has 0 saturated carbocycles. The molecule has 212 valence electrons. The zero-order valence-corrected chi connectivity index (χ0v) is 24.5. The first-order valence-electron chi connectivity index (χ1n) is 13.3. The molecule has 0 unspecified atom stereocenters. The molecule has 0 fully saturated rings. The van der Waals surface area contributed by atoms with Crippen LogP contribution in [-0.2, 0) is 39.1 Å². The van der Waals surface area contributed by atoms with Gasteiger partial charge in [0.05, 0.1) is 23.3 Å². The van der Waals surface area contributed by atoms with Gasteiger partial charge in [0.15, 0.2) is 0 Å². The summed E-state index contributed by atoms with van der Waals surface area (Å²) in [6.07, 6.45) is 5.49. The molecule has 9 nitrogen and oxygen atoms in total. The number of para-hydroxylation sites is 1. The van der Waals surface area contributed by atoms with E-state index in [9.17, 15) is 18.0 Å². The number of benzene rings is 2. The van der Waals surface area contributed by atoms with Crippen molar-refractivity contribution in [3.8, 4) is 0 Å². The molecule has 3 aromatic rings. The van der Waals surface area contributed by atoms with E-state index >= 15 is 0 Å². The summed E-state index contributed by atoms with van der Waals surface area (Å²) < 4.78 is 26.6. The standard InChI is InChI=1S/C30H37N5O4S/c1-6-35-26-14-13-23(18-27(26)33(4)28(36)30(2,3)29(35)37)20-34(17-15-22-10-9-16-31-19-22)21-24-11-7-8-12-25(24)32-40(5,38)39/h7-14,16,18-19,32H,6,15,17,20-21H2,1-5H3. The Morgan fingerprint density at radius 2 is 1.70 bits per heavy atom. The lowest BCUT2D eigenvalue weighted by atomic mass is 9.90. The SMILES string of the molecule is CCN1C(=O)C(C)(C)C(=O)N(C)c2cc(CN(CCc3cccnc3)Cc3ccccc3NS(C)(=O)=O)ccc21. The van der Waals surface area contributed by atoms with E-state index < -0.39 is 15.4 Å². The Kier molecular flexibility index (Phi) is 8.60. The fraction of sp³-hybridized carbons (Fsp3) is 0.367. The van der Waals surface area contributed by atoms with Crippen molar-refractivity contribution < 1.29 is 18.0 Å². The molecule has 1 N–H and O–H groups in total. The maximum atomic E-state index is 13.3. The second-order valence-electron chi connectivity index (χ2n) is 10.7. The van der Waals surface area contributed by atoms with E-state index in [1.807, 2.05) is 55.6 Å². The predicted octanol–water partition coefficient (Wildman–Crippen LogP) is 4.05. The molecule has 2 heterocycles. The molecule has 0 spiro atoms. The van der Waals surface area contributed by atoms with Crippen LogP contribution in [0.25, 0.3) is 0 Å². The van der Waals surface area contributed by atoms with Crippen LogP contribution in [0.15, 0.2) is 67.0 Å². The van der Waals surface area contributed by atoms with E-state index in [4.69, 9.17) is 0 Å². The minimum absolute atomic E-state index is 0.216. The molecule has 2 amide bonds. The highest BCUT2D eigenvalue weighted by molar-refractivity contribution is 7.92. The first kappa shape index (κ1) is 29.2. The van der Waals surface area contributed by atoms with Crippen molar-refractivity contribution in [2.24, 2.45) is 5.41 Å². The quantitative estimate of drug-likeness (QED) is 0.374. The van der Waals surface area contributed by atoms with E-state index in [0.29, 0.717) is 43.2 Å².